The van der Waals surface area contributed by atoms with E-state index in [0.29, 0.717) is 26.0 Å². The maximum absolute atomic E-state index is 9.76. The number of amides is 1. The molecule has 0 rings (SSSR count). The highest BCUT2D eigenvalue weighted by Gasteiger charge is 1.87. The lowest BCUT2D eigenvalue weighted by Crippen LogP contribution is -2.11. The molecular formula is C7H13NO3. The molecule has 4 heteroatoms. The van der Waals surface area contributed by atoms with Crippen molar-refractivity contribution in [2.24, 2.45) is 0 Å². The van der Waals surface area contributed by atoms with Gasteiger partial charge in [0, 0.05) is 6.54 Å². The van der Waals surface area contributed by atoms with Gasteiger partial charge in [-0.15, -0.1) is 0 Å². The summed E-state index contributed by atoms with van der Waals surface area (Å²) in [6.07, 6.45) is 3.44. The molecule has 0 aliphatic rings. The van der Waals surface area contributed by atoms with Crippen LogP contribution in [0.3, 0.4) is 0 Å². The number of carbonyl (C=O) groups excluding carboxylic acids is 2. The molecule has 0 atom stereocenters. The Kier molecular flexibility index (Phi) is 8.08. The average molecular weight is 159 g/mol. The van der Waals surface area contributed by atoms with Crippen molar-refractivity contribution in [3.8, 4) is 0 Å². The van der Waals surface area contributed by atoms with E-state index in [1.165, 1.54) is 0 Å². The highest BCUT2D eigenvalue weighted by atomic mass is 16.5. The number of ether oxygens (including phenoxy) is 1. The van der Waals surface area contributed by atoms with Crippen molar-refractivity contribution in [2.75, 3.05) is 13.2 Å². The minimum absolute atomic E-state index is 0.448. The molecular weight excluding hydrogens is 146 g/mol. The van der Waals surface area contributed by atoms with Gasteiger partial charge in [0.05, 0.1) is 6.61 Å². The minimum Gasteiger partial charge on any atom is -0.468 e. The molecule has 0 aliphatic heterocycles. The van der Waals surface area contributed by atoms with Gasteiger partial charge >= 0.3 is 0 Å². The van der Waals surface area contributed by atoms with Gasteiger partial charge in [-0.3, -0.25) is 9.59 Å². The van der Waals surface area contributed by atoms with Crippen molar-refractivity contribution >= 4 is 12.9 Å². The Morgan fingerprint density at radius 1 is 1.18 bits per heavy atom. The first kappa shape index (κ1) is 9.94. The van der Waals surface area contributed by atoms with Crippen LogP contribution < -0.4 is 5.32 Å². The summed E-state index contributed by atoms with van der Waals surface area (Å²) in [6.45, 7) is 1.62. The predicted octanol–water partition coefficient (Wildman–Crippen LogP) is 0.0757. The minimum atomic E-state index is 0.448. The maximum atomic E-state index is 9.76. The van der Waals surface area contributed by atoms with Crippen molar-refractivity contribution in [1.82, 2.24) is 5.32 Å². The van der Waals surface area contributed by atoms with Crippen LogP contribution in [0, 0.1) is 0 Å². The van der Waals surface area contributed by atoms with Crippen LogP contribution in [0.1, 0.15) is 19.3 Å². The summed E-state index contributed by atoms with van der Waals surface area (Å²) in [5.41, 5.74) is 0. The Labute approximate surface area is 65.9 Å². The number of hydrogen-bond acceptors (Lipinski definition) is 3. The largest absolute Gasteiger partial charge is 0.468 e. The number of nitrogens with one attached hydrogen (secondary N) is 1. The fourth-order valence-electron chi connectivity index (χ4n) is 0.696. The van der Waals surface area contributed by atoms with Gasteiger partial charge in [-0.1, -0.05) is 0 Å². The van der Waals surface area contributed by atoms with Crippen molar-refractivity contribution in [1.29, 1.82) is 0 Å². The van der Waals surface area contributed by atoms with Gasteiger partial charge in [0.1, 0.15) is 0 Å². The topological polar surface area (TPSA) is 55.4 Å². The number of rotatable bonds is 8. The Morgan fingerprint density at radius 2 is 2.00 bits per heavy atom. The van der Waals surface area contributed by atoms with Crippen LogP contribution in [-0.2, 0) is 14.3 Å². The van der Waals surface area contributed by atoms with E-state index < -0.39 is 0 Å². The summed E-state index contributed by atoms with van der Waals surface area (Å²) in [6, 6.07) is 0. The molecule has 0 unspecified atom stereocenters. The first-order valence-electron chi connectivity index (χ1n) is 3.64. The third-order valence-corrected chi connectivity index (χ3v) is 1.23. The fourth-order valence-corrected chi connectivity index (χ4v) is 0.696. The van der Waals surface area contributed by atoms with E-state index >= 15 is 0 Å². The lowest BCUT2D eigenvalue weighted by Gasteiger charge is -1.98. The van der Waals surface area contributed by atoms with Crippen LogP contribution in [0.15, 0.2) is 0 Å². The van der Waals surface area contributed by atoms with E-state index in [1.54, 1.807) is 0 Å². The first-order valence-corrected chi connectivity index (χ1v) is 3.64. The van der Waals surface area contributed by atoms with Crippen LogP contribution in [0.2, 0.25) is 0 Å². The molecule has 0 aromatic rings. The molecule has 0 fully saturated rings. The molecule has 1 amide bonds. The monoisotopic (exact) mass is 159 g/mol. The van der Waals surface area contributed by atoms with E-state index in [0.717, 1.165) is 19.3 Å². The number of hydrogen-bond donors (Lipinski definition) is 1. The second-order valence-corrected chi connectivity index (χ2v) is 2.10. The summed E-state index contributed by atoms with van der Waals surface area (Å²) in [4.78, 5) is 19.4. The molecule has 0 heterocycles. The van der Waals surface area contributed by atoms with Crippen LogP contribution in [0.25, 0.3) is 0 Å². The molecule has 4 nitrogen and oxygen atoms in total. The number of carbonyl (C=O) groups is 2. The molecule has 1 N–H and O–H groups in total. The first-order chi connectivity index (χ1) is 5.41. The van der Waals surface area contributed by atoms with Crippen LogP contribution in [0.5, 0.6) is 0 Å². The zero-order chi connectivity index (χ0) is 8.36. The number of unbranched alkanes of at least 4 members (excludes halogenated alkanes) is 2. The van der Waals surface area contributed by atoms with Crippen LogP contribution in [0.4, 0.5) is 0 Å². The Bertz CT molecular complexity index is 93.9. The van der Waals surface area contributed by atoms with Crippen LogP contribution >= 0.6 is 0 Å². The lowest BCUT2D eigenvalue weighted by molar-refractivity contribution is -0.128. The van der Waals surface area contributed by atoms with Crippen molar-refractivity contribution in [3.63, 3.8) is 0 Å². The summed E-state index contributed by atoms with van der Waals surface area (Å²) >= 11 is 0. The zero-order valence-corrected chi connectivity index (χ0v) is 6.41. The van der Waals surface area contributed by atoms with Gasteiger partial charge in [0.15, 0.2) is 0 Å². The van der Waals surface area contributed by atoms with E-state index in [4.69, 9.17) is 0 Å². The normalized spacial score (nSPS) is 8.73. The fraction of sp³-hybridized carbons (Fsp3) is 0.714. The van der Waals surface area contributed by atoms with Gasteiger partial charge in [-0.2, -0.15) is 0 Å². The summed E-state index contributed by atoms with van der Waals surface area (Å²) in [5.74, 6) is 0. The molecule has 0 aromatic heterocycles. The van der Waals surface area contributed by atoms with Gasteiger partial charge in [-0.05, 0) is 19.3 Å². The predicted molar refractivity (Wildman–Crippen MR) is 39.9 cm³/mol. The van der Waals surface area contributed by atoms with E-state index in [1.807, 2.05) is 0 Å². The summed E-state index contributed by atoms with van der Waals surface area (Å²) in [5, 5.41) is 2.55. The SMILES string of the molecule is O=CNCCCCCOC=O. The third kappa shape index (κ3) is 8.94. The molecule has 0 aliphatic carbocycles. The smallest absolute Gasteiger partial charge is 0.293 e. The van der Waals surface area contributed by atoms with Crippen molar-refractivity contribution in [3.05, 3.63) is 0 Å². The molecule has 11 heavy (non-hydrogen) atoms. The van der Waals surface area contributed by atoms with Gasteiger partial charge in [0.25, 0.3) is 6.47 Å². The van der Waals surface area contributed by atoms with Crippen molar-refractivity contribution < 1.29 is 14.3 Å². The Hall–Kier alpha value is -1.06. The second kappa shape index (κ2) is 8.94. The molecule has 0 spiro atoms. The van der Waals surface area contributed by atoms with Gasteiger partial charge in [-0.25, -0.2) is 0 Å². The van der Waals surface area contributed by atoms with E-state index in [9.17, 15) is 9.59 Å². The average Bonchev–Trinajstić information content (AvgIpc) is 2.03. The zero-order valence-electron chi connectivity index (χ0n) is 6.41. The highest BCUT2D eigenvalue weighted by molar-refractivity contribution is 5.45. The second-order valence-electron chi connectivity index (χ2n) is 2.10. The van der Waals surface area contributed by atoms with Crippen molar-refractivity contribution in [2.45, 2.75) is 19.3 Å². The molecule has 0 aromatic carbocycles. The highest BCUT2D eigenvalue weighted by Crippen LogP contribution is 1.92. The van der Waals surface area contributed by atoms with Crippen LogP contribution in [-0.4, -0.2) is 26.0 Å². The molecule has 0 bridgehead atoms. The van der Waals surface area contributed by atoms with Gasteiger partial charge in [0.2, 0.25) is 6.41 Å². The summed E-state index contributed by atoms with van der Waals surface area (Å²) in [7, 11) is 0. The Balaban J connectivity index is 2.79. The van der Waals surface area contributed by atoms with E-state index in [2.05, 4.69) is 10.1 Å². The summed E-state index contributed by atoms with van der Waals surface area (Å²) < 4.78 is 4.47. The standard InChI is InChI=1S/C7H13NO3/c9-6-8-4-2-1-3-5-11-7-10/h6-7H,1-5H2,(H,8,9). The molecule has 0 radical (unpaired) electrons. The maximum Gasteiger partial charge on any atom is 0.293 e. The van der Waals surface area contributed by atoms with Gasteiger partial charge < -0.3 is 10.1 Å². The Morgan fingerprint density at radius 3 is 2.64 bits per heavy atom. The molecule has 0 saturated heterocycles. The third-order valence-electron chi connectivity index (χ3n) is 1.23. The lowest BCUT2D eigenvalue weighted by atomic mass is 10.2. The molecule has 64 valence electrons. The quantitative estimate of drug-likeness (QED) is 0.403. The van der Waals surface area contributed by atoms with E-state index in [-0.39, 0.29) is 0 Å². The molecule has 0 saturated carbocycles.